The lowest BCUT2D eigenvalue weighted by molar-refractivity contribution is 0.124. The minimum absolute atomic E-state index is 0.134. The van der Waals surface area contributed by atoms with Crippen LogP contribution in [-0.4, -0.2) is 30.1 Å². The molecule has 108 valence electrons. The first-order chi connectivity index (χ1) is 9.56. The van der Waals surface area contributed by atoms with Crippen LogP contribution in [0, 0.1) is 11.6 Å². The van der Waals surface area contributed by atoms with E-state index in [2.05, 4.69) is 6.07 Å². The first kappa shape index (κ1) is 15.1. The number of likely N-dealkylation sites (N-methyl/N-ethyl adjacent to an activating group) is 1. The molecule has 1 unspecified atom stereocenters. The third-order valence-electron chi connectivity index (χ3n) is 3.13. The van der Waals surface area contributed by atoms with E-state index in [0.717, 1.165) is 25.1 Å². The zero-order valence-electron chi connectivity index (χ0n) is 11.2. The van der Waals surface area contributed by atoms with Gasteiger partial charge in [-0.25, -0.2) is 8.78 Å². The molecule has 0 saturated heterocycles. The van der Waals surface area contributed by atoms with Crippen LogP contribution in [0.5, 0.6) is 0 Å². The van der Waals surface area contributed by atoms with Gasteiger partial charge in [0, 0.05) is 29.6 Å². The van der Waals surface area contributed by atoms with E-state index in [1.807, 2.05) is 23.4 Å². The third-order valence-corrected chi connectivity index (χ3v) is 4.06. The highest BCUT2D eigenvalue weighted by Gasteiger charge is 2.15. The molecule has 1 aromatic heterocycles. The van der Waals surface area contributed by atoms with Crippen LogP contribution in [0.1, 0.15) is 16.5 Å². The standard InChI is InChI=1S/C15H17F2NOS/c1-18(7-6-12-3-2-8-20-12)10-15(19)13-5-4-11(16)9-14(13)17/h2-5,8-9,15,19H,6-7,10H2,1H3. The monoisotopic (exact) mass is 297 g/mol. The van der Waals surface area contributed by atoms with Crippen molar-refractivity contribution in [2.24, 2.45) is 0 Å². The zero-order valence-corrected chi connectivity index (χ0v) is 12.0. The van der Waals surface area contributed by atoms with Crippen LogP contribution < -0.4 is 0 Å². The third kappa shape index (κ3) is 4.10. The molecule has 2 aromatic rings. The van der Waals surface area contributed by atoms with Crippen molar-refractivity contribution in [3.05, 3.63) is 57.8 Å². The number of thiophene rings is 1. The summed E-state index contributed by atoms with van der Waals surface area (Å²) < 4.78 is 26.4. The van der Waals surface area contributed by atoms with E-state index in [1.165, 1.54) is 10.9 Å². The Kier molecular flexibility index (Phi) is 5.23. The molecular formula is C15H17F2NOS. The fraction of sp³-hybridized carbons (Fsp3) is 0.333. The SMILES string of the molecule is CN(CCc1cccs1)CC(O)c1ccc(F)cc1F. The number of aliphatic hydroxyl groups is 1. The van der Waals surface area contributed by atoms with Gasteiger partial charge in [-0.2, -0.15) is 0 Å². The molecule has 0 saturated carbocycles. The highest BCUT2D eigenvalue weighted by molar-refractivity contribution is 7.09. The maximum Gasteiger partial charge on any atom is 0.131 e. The molecule has 0 aliphatic rings. The summed E-state index contributed by atoms with van der Waals surface area (Å²) in [6.07, 6.45) is -0.0591. The van der Waals surface area contributed by atoms with Crippen LogP contribution in [-0.2, 0) is 6.42 Å². The van der Waals surface area contributed by atoms with E-state index in [4.69, 9.17) is 0 Å². The molecule has 0 bridgehead atoms. The van der Waals surface area contributed by atoms with Gasteiger partial charge < -0.3 is 10.0 Å². The Balaban J connectivity index is 1.88. The lowest BCUT2D eigenvalue weighted by atomic mass is 10.1. The van der Waals surface area contributed by atoms with Crippen molar-refractivity contribution < 1.29 is 13.9 Å². The van der Waals surface area contributed by atoms with Crippen molar-refractivity contribution in [1.82, 2.24) is 4.90 Å². The second-order valence-corrected chi connectivity index (χ2v) is 5.81. The second-order valence-electron chi connectivity index (χ2n) is 4.77. The molecule has 20 heavy (non-hydrogen) atoms. The van der Waals surface area contributed by atoms with Gasteiger partial charge in [-0.15, -0.1) is 11.3 Å². The molecule has 1 aromatic carbocycles. The molecule has 0 spiro atoms. The molecule has 0 fully saturated rings. The van der Waals surface area contributed by atoms with Crippen molar-refractivity contribution in [3.63, 3.8) is 0 Å². The van der Waals surface area contributed by atoms with Crippen molar-refractivity contribution >= 4 is 11.3 Å². The first-order valence-corrected chi connectivity index (χ1v) is 7.28. The lowest BCUT2D eigenvalue weighted by Gasteiger charge is -2.20. The molecule has 0 radical (unpaired) electrons. The summed E-state index contributed by atoms with van der Waals surface area (Å²) >= 11 is 1.69. The smallest absolute Gasteiger partial charge is 0.131 e. The minimum atomic E-state index is -0.955. The van der Waals surface area contributed by atoms with E-state index < -0.39 is 17.7 Å². The summed E-state index contributed by atoms with van der Waals surface area (Å²) in [6.45, 7) is 1.09. The predicted molar refractivity (Wildman–Crippen MR) is 76.8 cm³/mol. The van der Waals surface area contributed by atoms with E-state index in [-0.39, 0.29) is 5.56 Å². The van der Waals surface area contributed by atoms with Crippen LogP contribution >= 0.6 is 11.3 Å². The molecule has 0 amide bonds. The Morgan fingerprint density at radius 3 is 2.75 bits per heavy atom. The van der Waals surface area contributed by atoms with E-state index in [0.29, 0.717) is 6.54 Å². The summed E-state index contributed by atoms with van der Waals surface area (Å²) in [7, 11) is 1.87. The zero-order chi connectivity index (χ0) is 14.5. The van der Waals surface area contributed by atoms with Crippen molar-refractivity contribution in [1.29, 1.82) is 0 Å². The van der Waals surface area contributed by atoms with Crippen LogP contribution in [0.4, 0.5) is 8.78 Å². The summed E-state index contributed by atoms with van der Waals surface area (Å²) in [5, 5.41) is 12.0. The summed E-state index contributed by atoms with van der Waals surface area (Å²) in [5.41, 5.74) is 0.134. The van der Waals surface area contributed by atoms with Crippen LogP contribution in [0.25, 0.3) is 0 Å². The Morgan fingerprint density at radius 2 is 2.10 bits per heavy atom. The van der Waals surface area contributed by atoms with Gasteiger partial charge in [0.1, 0.15) is 11.6 Å². The Labute approximate surface area is 121 Å². The maximum absolute atomic E-state index is 13.5. The Morgan fingerprint density at radius 1 is 1.30 bits per heavy atom. The van der Waals surface area contributed by atoms with Crippen LogP contribution in [0.3, 0.4) is 0 Å². The fourth-order valence-corrected chi connectivity index (χ4v) is 2.71. The number of rotatable bonds is 6. The number of aliphatic hydroxyl groups excluding tert-OH is 1. The highest BCUT2D eigenvalue weighted by Crippen LogP contribution is 2.19. The van der Waals surface area contributed by atoms with Crippen molar-refractivity contribution in [2.75, 3.05) is 20.1 Å². The fourth-order valence-electron chi connectivity index (χ4n) is 2.01. The normalized spacial score (nSPS) is 12.8. The van der Waals surface area contributed by atoms with Gasteiger partial charge in [0.05, 0.1) is 6.10 Å². The number of halogens is 2. The number of benzene rings is 1. The van der Waals surface area contributed by atoms with Gasteiger partial charge in [-0.05, 0) is 31.0 Å². The van der Waals surface area contributed by atoms with Gasteiger partial charge in [0.25, 0.3) is 0 Å². The van der Waals surface area contributed by atoms with Gasteiger partial charge in [0.2, 0.25) is 0 Å². The molecule has 0 aliphatic heterocycles. The molecule has 2 nitrogen and oxygen atoms in total. The number of hydrogen-bond acceptors (Lipinski definition) is 3. The predicted octanol–water partition coefficient (Wildman–Crippen LogP) is 3.23. The van der Waals surface area contributed by atoms with Gasteiger partial charge in [0.15, 0.2) is 0 Å². The van der Waals surface area contributed by atoms with Gasteiger partial charge in [-0.1, -0.05) is 12.1 Å². The first-order valence-electron chi connectivity index (χ1n) is 6.40. The molecule has 1 heterocycles. The van der Waals surface area contributed by atoms with Gasteiger partial charge >= 0.3 is 0 Å². The Bertz CT molecular complexity index is 545. The van der Waals surface area contributed by atoms with E-state index in [9.17, 15) is 13.9 Å². The van der Waals surface area contributed by atoms with E-state index in [1.54, 1.807) is 11.3 Å². The van der Waals surface area contributed by atoms with Gasteiger partial charge in [-0.3, -0.25) is 0 Å². The molecule has 1 atom stereocenters. The number of nitrogens with zero attached hydrogens (tertiary/aromatic N) is 1. The van der Waals surface area contributed by atoms with Crippen molar-refractivity contribution in [2.45, 2.75) is 12.5 Å². The minimum Gasteiger partial charge on any atom is -0.387 e. The summed E-state index contributed by atoms with van der Waals surface area (Å²) in [4.78, 5) is 3.21. The largest absolute Gasteiger partial charge is 0.387 e. The highest BCUT2D eigenvalue weighted by atomic mass is 32.1. The molecule has 0 aliphatic carbocycles. The van der Waals surface area contributed by atoms with Crippen molar-refractivity contribution in [3.8, 4) is 0 Å². The number of hydrogen-bond donors (Lipinski definition) is 1. The van der Waals surface area contributed by atoms with E-state index >= 15 is 0 Å². The summed E-state index contributed by atoms with van der Waals surface area (Å²) in [6, 6.07) is 7.32. The lowest BCUT2D eigenvalue weighted by Crippen LogP contribution is -2.27. The Hall–Kier alpha value is -1.30. The molecule has 2 rings (SSSR count). The average Bonchev–Trinajstić information content (AvgIpc) is 2.89. The van der Waals surface area contributed by atoms with Crippen LogP contribution in [0.15, 0.2) is 35.7 Å². The second kappa shape index (κ2) is 6.92. The molecule has 5 heteroatoms. The molecule has 1 N–H and O–H groups in total. The average molecular weight is 297 g/mol. The topological polar surface area (TPSA) is 23.5 Å². The molecular weight excluding hydrogens is 280 g/mol. The van der Waals surface area contributed by atoms with Crippen LogP contribution in [0.2, 0.25) is 0 Å². The quantitative estimate of drug-likeness (QED) is 0.885. The maximum atomic E-state index is 13.5. The summed E-state index contributed by atoms with van der Waals surface area (Å²) in [5.74, 6) is -1.34.